The highest BCUT2D eigenvalue weighted by atomic mass is 16.2. The van der Waals surface area contributed by atoms with E-state index in [0.717, 1.165) is 6.42 Å². The first-order valence-electron chi connectivity index (χ1n) is 10.4. The Kier molecular flexibility index (Phi) is 18.2. The predicted octanol–water partition coefficient (Wildman–Crippen LogP) is 6.31. The summed E-state index contributed by atoms with van der Waals surface area (Å²) in [7, 11) is 0. The van der Waals surface area contributed by atoms with Crippen molar-refractivity contribution in [3.8, 4) is 0 Å². The molecule has 0 radical (unpaired) electrons. The van der Waals surface area contributed by atoms with Crippen LogP contribution < -0.4 is 11.5 Å². The van der Waals surface area contributed by atoms with Gasteiger partial charge in [0.05, 0.1) is 0 Å². The van der Waals surface area contributed by atoms with Gasteiger partial charge in [-0.15, -0.1) is 0 Å². The van der Waals surface area contributed by atoms with Gasteiger partial charge in [-0.05, 0) is 24.6 Å². The fourth-order valence-corrected chi connectivity index (χ4v) is 2.87. The minimum absolute atomic E-state index is 0.373. The molecule has 1 aromatic rings. The second-order valence-corrected chi connectivity index (χ2v) is 6.99. The van der Waals surface area contributed by atoms with Crippen LogP contribution >= 0.6 is 0 Å². The summed E-state index contributed by atoms with van der Waals surface area (Å²) in [6.45, 7) is 2.65. The smallest absolute Gasteiger partial charge is 0.0431 e. The maximum Gasteiger partial charge on any atom is 0.0431 e. The lowest BCUT2D eigenvalue weighted by molar-refractivity contribution is 0.282. The van der Waals surface area contributed by atoms with E-state index in [1.165, 1.54) is 83.5 Å². The maximum absolute atomic E-state index is 8.64. The molecule has 0 aliphatic carbocycles. The lowest BCUT2D eigenvalue weighted by Gasteiger charge is -2.02. The number of hydrogen-bond donors (Lipinski definition) is 3. The Morgan fingerprint density at radius 3 is 1.28 bits per heavy atom. The summed E-state index contributed by atoms with van der Waals surface area (Å²) >= 11 is 0. The number of benzene rings is 1. The molecule has 146 valence electrons. The Bertz CT molecular complexity index is 351. The molecule has 0 spiro atoms. The summed E-state index contributed by atoms with van der Waals surface area (Å²) < 4.78 is 0. The molecule has 0 unspecified atom stereocenters. The number of anilines is 2. The number of hydrogen-bond acceptors (Lipinski definition) is 3. The number of unbranched alkanes of at least 4 members (excludes halogenated alkanes) is 13. The molecule has 0 saturated heterocycles. The van der Waals surface area contributed by atoms with Gasteiger partial charge in [0.15, 0.2) is 0 Å². The summed E-state index contributed by atoms with van der Waals surface area (Å²) in [6.07, 6.45) is 19.2. The van der Waals surface area contributed by atoms with Gasteiger partial charge in [0.2, 0.25) is 0 Å². The quantitative estimate of drug-likeness (QED) is 0.272. The molecule has 1 aromatic carbocycles. The maximum atomic E-state index is 8.64. The molecule has 0 aliphatic heterocycles. The van der Waals surface area contributed by atoms with Crippen molar-refractivity contribution in [3.05, 3.63) is 24.3 Å². The summed E-state index contributed by atoms with van der Waals surface area (Å²) in [5, 5.41) is 8.64. The minimum Gasteiger partial charge on any atom is -0.399 e. The van der Waals surface area contributed by atoms with Gasteiger partial charge in [-0.2, -0.15) is 0 Å². The number of nitrogens with two attached hydrogens (primary N) is 2. The molecule has 0 bridgehead atoms. The van der Waals surface area contributed by atoms with Crippen molar-refractivity contribution in [2.24, 2.45) is 0 Å². The molecule has 0 amide bonds. The third kappa shape index (κ3) is 19.0. The fourth-order valence-electron chi connectivity index (χ4n) is 2.87. The highest BCUT2D eigenvalue weighted by Crippen LogP contribution is 2.12. The van der Waals surface area contributed by atoms with Gasteiger partial charge in [-0.25, -0.2) is 0 Å². The molecule has 0 saturated carbocycles. The molecule has 0 aliphatic rings. The molecule has 3 heteroatoms. The van der Waals surface area contributed by atoms with Crippen molar-refractivity contribution in [2.75, 3.05) is 18.1 Å². The van der Waals surface area contributed by atoms with Crippen molar-refractivity contribution >= 4 is 11.4 Å². The minimum atomic E-state index is 0.373. The Balaban J connectivity index is 0.000000593. The van der Waals surface area contributed by atoms with E-state index in [0.29, 0.717) is 18.0 Å². The van der Waals surface area contributed by atoms with E-state index in [-0.39, 0.29) is 0 Å². The van der Waals surface area contributed by atoms with Crippen molar-refractivity contribution in [1.82, 2.24) is 0 Å². The van der Waals surface area contributed by atoms with Crippen LogP contribution in [0.4, 0.5) is 11.4 Å². The Morgan fingerprint density at radius 2 is 1.00 bits per heavy atom. The van der Waals surface area contributed by atoms with E-state index >= 15 is 0 Å². The van der Waals surface area contributed by atoms with E-state index in [1.54, 1.807) is 18.2 Å². The van der Waals surface area contributed by atoms with Gasteiger partial charge < -0.3 is 16.6 Å². The zero-order valence-electron chi connectivity index (χ0n) is 16.5. The third-order valence-electron chi connectivity index (χ3n) is 4.42. The second kappa shape index (κ2) is 19.1. The molecule has 0 heterocycles. The Morgan fingerprint density at radius 1 is 0.640 bits per heavy atom. The van der Waals surface area contributed by atoms with Crippen molar-refractivity contribution in [2.45, 2.75) is 96.8 Å². The first-order chi connectivity index (χ1) is 12.2. The molecular weight excluding hydrogens is 308 g/mol. The summed E-state index contributed by atoms with van der Waals surface area (Å²) in [5.41, 5.74) is 12.2. The molecule has 0 atom stereocenters. The first kappa shape index (κ1) is 23.8. The van der Waals surface area contributed by atoms with Gasteiger partial charge in [0.1, 0.15) is 0 Å². The van der Waals surface area contributed by atoms with E-state index in [1.807, 2.05) is 6.07 Å². The largest absolute Gasteiger partial charge is 0.399 e. The van der Waals surface area contributed by atoms with E-state index in [2.05, 4.69) is 6.92 Å². The highest BCUT2D eigenvalue weighted by molar-refractivity contribution is 5.50. The van der Waals surface area contributed by atoms with E-state index in [4.69, 9.17) is 16.6 Å². The molecule has 3 nitrogen and oxygen atoms in total. The molecule has 0 aromatic heterocycles. The molecule has 0 fully saturated rings. The first-order valence-corrected chi connectivity index (χ1v) is 10.4. The average molecular weight is 351 g/mol. The van der Waals surface area contributed by atoms with Crippen LogP contribution in [0.15, 0.2) is 24.3 Å². The Hall–Kier alpha value is -1.22. The zero-order valence-corrected chi connectivity index (χ0v) is 16.5. The van der Waals surface area contributed by atoms with Crippen molar-refractivity contribution in [1.29, 1.82) is 0 Å². The van der Waals surface area contributed by atoms with Gasteiger partial charge in [-0.3, -0.25) is 0 Å². The van der Waals surface area contributed by atoms with Crippen LogP contribution in [0.5, 0.6) is 0 Å². The van der Waals surface area contributed by atoms with Crippen LogP contribution in [0.3, 0.4) is 0 Å². The average Bonchev–Trinajstić information content (AvgIpc) is 2.59. The van der Waals surface area contributed by atoms with Crippen molar-refractivity contribution in [3.63, 3.8) is 0 Å². The summed E-state index contributed by atoms with van der Waals surface area (Å²) in [5.74, 6) is 0. The SMILES string of the molecule is CCCCCCCCCCCCCCCCO.Nc1cccc(N)c1. The number of aliphatic hydroxyl groups excluding tert-OH is 1. The summed E-state index contributed by atoms with van der Waals surface area (Å²) in [6, 6.07) is 7.15. The molecular formula is C22H42N2O. The molecule has 1 rings (SSSR count). The number of nitrogen functional groups attached to an aromatic ring is 2. The van der Waals surface area contributed by atoms with Crippen LogP contribution in [0.1, 0.15) is 96.8 Å². The molecule has 5 N–H and O–H groups in total. The third-order valence-corrected chi connectivity index (χ3v) is 4.42. The predicted molar refractivity (Wildman–Crippen MR) is 113 cm³/mol. The van der Waals surface area contributed by atoms with Crippen molar-refractivity contribution < 1.29 is 5.11 Å². The standard InChI is InChI=1S/C16H34O.C6H8N2/c1-2-3-4-5-6-7-8-9-10-11-12-13-14-15-16-17;7-5-2-1-3-6(8)4-5/h17H,2-16H2,1H3;1-4H,7-8H2. The highest BCUT2D eigenvalue weighted by Gasteiger charge is 1.93. The van der Waals surface area contributed by atoms with Crippen LogP contribution in [0, 0.1) is 0 Å². The van der Waals surface area contributed by atoms with Gasteiger partial charge >= 0.3 is 0 Å². The van der Waals surface area contributed by atoms with Gasteiger partial charge in [0.25, 0.3) is 0 Å². The van der Waals surface area contributed by atoms with E-state index in [9.17, 15) is 0 Å². The second-order valence-electron chi connectivity index (χ2n) is 6.99. The Labute approximate surface area is 156 Å². The normalized spacial score (nSPS) is 10.3. The van der Waals surface area contributed by atoms with Crippen LogP contribution in [0.25, 0.3) is 0 Å². The number of aliphatic hydroxyl groups is 1. The number of rotatable bonds is 14. The van der Waals surface area contributed by atoms with Gasteiger partial charge in [-0.1, -0.05) is 96.5 Å². The van der Waals surface area contributed by atoms with Crippen LogP contribution in [0.2, 0.25) is 0 Å². The van der Waals surface area contributed by atoms with Crippen LogP contribution in [-0.2, 0) is 0 Å². The topological polar surface area (TPSA) is 72.3 Å². The fraction of sp³-hybridized carbons (Fsp3) is 0.727. The monoisotopic (exact) mass is 350 g/mol. The van der Waals surface area contributed by atoms with E-state index < -0.39 is 0 Å². The molecule has 25 heavy (non-hydrogen) atoms. The van der Waals surface area contributed by atoms with Gasteiger partial charge in [0, 0.05) is 18.0 Å². The summed E-state index contributed by atoms with van der Waals surface area (Å²) in [4.78, 5) is 0. The lowest BCUT2D eigenvalue weighted by atomic mass is 10.0. The van der Waals surface area contributed by atoms with Crippen LogP contribution in [-0.4, -0.2) is 11.7 Å². The zero-order chi connectivity index (χ0) is 18.6. The lowest BCUT2D eigenvalue weighted by Crippen LogP contribution is -1.87.